The van der Waals surface area contributed by atoms with Gasteiger partial charge >= 0.3 is 0 Å². The van der Waals surface area contributed by atoms with Crippen LogP contribution in [0.2, 0.25) is 0 Å². The first-order chi connectivity index (χ1) is 19.5. The van der Waals surface area contributed by atoms with Gasteiger partial charge in [0, 0.05) is 79.5 Å². The lowest BCUT2D eigenvalue weighted by Crippen LogP contribution is -2.31. The fourth-order valence-corrected chi connectivity index (χ4v) is 4.81. The summed E-state index contributed by atoms with van der Waals surface area (Å²) in [7, 11) is 5.54. The Labute approximate surface area is 245 Å². The minimum Gasteiger partial charge on any atom is -0.394 e. The van der Waals surface area contributed by atoms with Crippen molar-refractivity contribution in [2.45, 2.75) is 54.4 Å². The second kappa shape index (κ2) is 17.1. The average Bonchev–Trinajstić information content (AvgIpc) is 3.47. The van der Waals surface area contributed by atoms with Gasteiger partial charge in [0.05, 0.1) is 33.0 Å². The lowest BCUT2D eigenvalue weighted by molar-refractivity contribution is -0.130. The predicted molar refractivity (Wildman–Crippen MR) is 169 cm³/mol. The topological polar surface area (TPSA) is 112 Å². The number of aromatic amines is 1. The predicted octanol–water partition coefficient (Wildman–Crippen LogP) is 2.73. The van der Waals surface area contributed by atoms with E-state index in [-0.39, 0.29) is 24.3 Å². The molecule has 0 bridgehead atoms. The first-order valence-corrected chi connectivity index (χ1v) is 14.5. The third-order valence-electron chi connectivity index (χ3n) is 7.59. The molecule has 9 nitrogen and oxygen atoms in total. The molecule has 2 rings (SSSR count). The molecule has 41 heavy (non-hydrogen) atoms. The third kappa shape index (κ3) is 10.1. The number of carbonyl (C=O) groups excluding carboxylic acids is 1. The molecular formula is C32H51N5O4. The van der Waals surface area contributed by atoms with Crippen LogP contribution in [0.15, 0.2) is 39.1 Å². The van der Waals surface area contributed by atoms with E-state index >= 15 is 0 Å². The second-order valence-corrected chi connectivity index (χ2v) is 10.8. The van der Waals surface area contributed by atoms with E-state index in [1.54, 1.807) is 11.9 Å². The Hall–Kier alpha value is -3.01. The molecule has 0 spiro atoms. The van der Waals surface area contributed by atoms with Gasteiger partial charge in [0.2, 0.25) is 5.91 Å². The van der Waals surface area contributed by atoms with Crippen molar-refractivity contribution in [3.8, 4) is 0 Å². The van der Waals surface area contributed by atoms with Gasteiger partial charge in [-0.05, 0) is 70.4 Å². The molecule has 228 valence electrons. The number of aromatic nitrogens is 1. The van der Waals surface area contributed by atoms with E-state index in [0.717, 1.165) is 44.7 Å². The highest BCUT2D eigenvalue weighted by molar-refractivity contribution is 6.20. The Bertz CT molecular complexity index is 1270. The number of hydrogen-bond donors (Lipinski definition) is 3. The number of rotatable bonds is 15. The lowest BCUT2D eigenvalue weighted by atomic mass is 9.84. The summed E-state index contributed by atoms with van der Waals surface area (Å²) >= 11 is 0. The van der Waals surface area contributed by atoms with Crippen LogP contribution in [-0.2, 0) is 14.3 Å². The summed E-state index contributed by atoms with van der Waals surface area (Å²) < 4.78 is 10.8. The molecule has 1 aromatic rings. The molecule has 1 aliphatic rings. The van der Waals surface area contributed by atoms with E-state index in [4.69, 9.17) is 19.6 Å². The quantitative estimate of drug-likeness (QED) is 0.222. The van der Waals surface area contributed by atoms with E-state index in [1.165, 1.54) is 5.57 Å². The van der Waals surface area contributed by atoms with Gasteiger partial charge in [0.25, 0.3) is 0 Å². The van der Waals surface area contributed by atoms with Crippen LogP contribution < -0.4 is 16.0 Å². The Morgan fingerprint density at radius 2 is 1.85 bits per heavy atom. The summed E-state index contributed by atoms with van der Waals surface area (Å²) in [5.74, 6) is 0.372. The minimum atomic E-state index is 0.00168. The van der Waals surface area contributed by atoms with E-state index in [9.17, 15) is 4.79 Å². The van der Waals surface area contributed by atoms with E-state index < -0.39 is 0 Å². The molecule has 2 atom stereocenters. The number of aliphatic imine (C=N–C) groups is 2. The van der Waals surface area contributed by atoms with Gasteiger partial charge in [0.15, 0.2) is 0 Å². The normalized spacial score (nSPS) is 19.5. The number of nitrogens with zero attached hydrogens (tertiary/aromatic N) is 3. The fourth-order valence-electron chi connectivity index (χ4n) is 4.81. The molecule has 0 radical (unpaired) electrons. The number of hydrogen-bond acceptors (Lipinski definition) is 7. The van der Waals surface area contributed by atoms with Crippen molar-refractivity contribution in [3.05, 3.63) is 45.4 Å². The van der Waals surface area contributed by atoms with Crippen LogP contribution in [0.25, 0.3) is 11.6 Å². The molecule has 0 unspecified atom stereocenters. The third-order valence-corrected chi connectivity index (χ3v) is 7.59. The second-order valence-electron chi connectivity index (χ2n) is 10.8. The van der Waals surface area contributed by atoms with Crippen molar-refractivity contribution in [1.29, 1.82) is 0 Å². The zero-order chi connectivity index (χ0) is 30.5. The Balaban J connectivity index is 2.28. The number of aliphatic hydroxyl groups is 1. The van der Waals surface area contributed by atoms with Crippen molar-refractivity contribution < 1.29 is 19.4 Å². The maximum Gasteiger partial charge on any atom is 0.222 e. The summed E-state index contributed by atoms with van der Waals surface area (Å²) in [5, 5.41) is 14.1. The lowest BCUT2D eigenvalue weighted by Gasteiger charge is -2.21. The Morgan fingerprint density at radius 3 is 2.46 bits per heavy atom. The number of aliphatic hydroxyl groups excluding tert-OH is 1. The molecule has 1 amide bonds. The van der Waals surface area contributed by atoms with Crippen LogP contribution in [0.5, 0.6) is 0 Å². The number of H-pyrrole nitrogens is 1. The van der Waals surface area contributed by atoms with Gasteiger partial charge in [-0.15, -0.1) is 0 Å². The van der Waals surface area contributed by atoms with Crippen molar-refractivity contribution in [1.82, 2.24) is 15.2 Å². The number of ether oxygens (including phenoxy) is 2. The van der Waals surface area contributed by atoms with Crippen LogP contribution in [0, 0.1) is 18.8 Å². The summed E-state index contributed by atoms with van der Waals surface area (Å²) in [4.78, 5) is 27.8. The van der Waals surface area contributed by atoms with Gasteiger partial charge in [-0.25, -0.2) is 0 Å². The molecule has 0 saturated carbocycles. The van der Waals surface area contributed by atoms with Crippen molar-refractivity contribution in [3.63, 3.8) is 0 Å². The van der Waals surface area contributed by atoms with Crippen molar-refractivity contribution in [2.75, 3.05) is 60.7 Å². The first kappa shape index (κ1) is 34.2. The molecular weight excluding hydrogens is 518 g/mol. The largest absolute Gasteiger partial charge is 0.394 e. The van der Waals surface area contributed by atoms with Crippen LogP contribution in [0.3, 0.4) is 0 Å². The summed E-state index contributed by atoms with van der Waals surface area (Å²) in [5.41, 5.74) is 7.52. The monoisotopic (exact) mass is 569 g/mol. The number of amides is 1. The molecule has 0 saturated heterocycles. The summed E-state index contributed by atoms with van der Waals surface area (Å²) in [6.45, 7) is 14.7. The van der Waals surface area contributed by atoms with Crippen molar-refractivity contribution >= 4 is 29.0 Å². The van der Waals surface area contributed by atoms with Gasteiger partial charge in [0.1, 0.15) is 0 Å². The van der Waals surface area contributed by atoms with Crippen LogP contribution in [-0.4, -0.2) is 93.0 Å². The number of carbonyl (C=O) groups is 1. The summed E-state index contributed by atoms with van der Waals surface area (Å²) in [6.07, 6.45) is 5.34. The highest BCUT2D eigenvalue weighted by Gasteiger charge is 2.33. The van der Waals surface area contributed by atoms with Gasteiger partial charge in [-0.1, -0.05) is 12.5 Å². The molecule has 9 heteroatoms. The number of likely N-dealkylation sites (N-methyl/N-ethyl adjacent to an activating group) is 2. The van der Waals surface area contributed by atoms with Crippen LogP contribution in [0.4, 0.5) is 0 Å². The molecule has 0 fully saturated rings. The SMILES string of the molecule is CN=C(C)/C=c1\[nH]/c(=C(/C)C2=N/C(=C\C(NC)=C(C)C)[C@@H](C)[C@@H]2CCC(=O)N(C)CCOCCOCCO)cc1C. The highest BCUT2D eigenvalue weighted by Crippen LogP contribution is 2.37. The van der Waals surface area contributed by atoms with Gasteiger partial charge < -0.3 is 29.8 Å². The zero-order valence-electron chi connectivity index (χ0n) is 26.6. The van der Waals surface area contributed by atoms with Crippen LogP contribution in [0.1, 0.15) is 53.0 Å². The summed E-state index contributed by atoms with van der Waals surface area (Å²) in [6, 6.07) is 2.17. The van der Waals surface area contributed by atoms with Gasteiger partial charge in [-0.3, -0.25) is 14.8 Å². The number of allylic oxidation sites excluding steroid dienone is 3. The standard InChI is InChI=1S/C32H51N5O4/c1-21(2)27(34-8)20-30-24(5)26(10-11-31(39)37(9)12-14-40-16-17-41-15-13-38)32(36-30)25(6)29-18-22(3)28(35-29)19-23(4)33-7/h18-20,24,26,34-35,38H,10-17H2,1-9H3/b28-19-,29-25-,30-20-,33-23?/t24-,26-/m0/s1. The van der Waals surface area contributed by atoms with E-state index in [2.05, 4.69) is 68.1 Å². The average molecular weight is 570 g/mol. The number of aryl methyl sites for hydroxylation is 1. The minimum absolute atomic E-state index is 0.00168. The molecule has 1 aromatic heterocycles. The van der Waals surface area contributed by atoms with Crippen LogP contribution >= 0.6 is 0 Å². The maximum absolute atomic E-state index is 13.0. The first-order valence-electron chi connectivity index (χ1n) is 14.5. The fraction of sp³-hybridized carbons (Fsp3) is 0.594. The Kier molecular flexibility index (Phi) is 14.2. The zero-order valence-corrected chi connectivity index (χ0v) is 26.6. The molecule has 0 aromatic carbocycles. The Morgan fingerprint density at radius 1 is 1.17 bits per heavy atom. The molecule has 0 aliphatic carbocycles. The number of nitrogens with one attached hydrogen (secondary N) is 2. The van der Waals surface area contributed by atoms with E-state index in [0.29, 0.717) is 45.8 Å². The maximum atomic E-state index is 13.0. The highest BCUT2D eigenvalue weighted by atomic mass is 16.5. The molecule has 3 N–H and O–H groups in total. The van der Waals surface area contributed by atoms with E-state index in [1.807, 2.05) is 21.0 Å². The van der Waals surface area contributed by atoms with Crippen molar-refractivity contribution in [2.24, 2.45) is 21.8 Å². The molecule has 1 aliphatic heterocycles. The smallest absolute Gasteiger partial charge is 0.222 e. The van der Waals surface area contributed by atoms with Gasteiger partial charge in [-0.2, -0.15) is 0 Å². The molecule has 2 heterocycles.